The van der Waals surface area contributed by atoms with Gasteiger partial charge in [0.25, 0.3) is 0 Å². The molecule has 4 fully saturated rings. The van der Waals surface area contributed by atoms with Crippen molar-refractivity contribution >= 4 is 0 Å². The Labute approximate surface area is 140 Å². The van der Waals surface area contributed by atoms with Crippen molar-refractivity contribution in [3.05, 3.63) is 0 Å². The fourth-order valence-corrected chi connectivity index (χ4v) is 8.01. The number of hydrogen-bond donors (Lipinski definition) is 3. The molecule has 132 valence electrons. The van der Waals surface area contributed by atoms with Crippen LogP contribution in [0.1, 0.15) is 72.1 Å². The SMILES string of the molecule is CC1(C)CCC(O)C2(C)C1CCC13CC(CCC12)C(O)(CO)C3. The zero-order valence-electron chi connectivity index (χ0n) is 15.0. The molecule has 0 saturated heterocycles. The Morgan fingerprint density at radius 2 is 1.70 bits per heavy atom. The summed E-state index contributed by atoms with van der Waals surface area (Å²) >= 11 is 0. The summed E-state index contributed by atoms with van der Waals surface area (Å²) in [6, 6.07) is 0. The maximum absolute atomic E-state index is 11.0. The van der Waals surface area contributed by atoms with E-state index in [1.807, 2.05) is 0 Å². The molecule has 0 radical (unpaired) electrons. The third-order valence-corrected chi connectivity index (χ3v) is 9.04. The summed E-state index contributed by atoms with van der Waals surface area (Å²) in [6.45, 7) is 7.04. The average molecular weight is 322 g/mol. The van der Waals surface area contributed by atoms with Crippen LogP contribution < -0.4 is 0 Å². The molecule has 1 spiro atoms. The summed E-state index contributed by atoms with van der Waals surface area (Å²) in [6.07, 6.45) is 8.12. The van der Waals surface area contributed by atoms with Crippen LogP contribution in [0.5, 0.6) is 0 Å². The molecule has 3 nitrogen and oxygen atoms in total. The predicted molar refractivity (Wildman–Crippen MR) is 89.8 cm³/mol. The highest BCUT2D eigenvalue weighted by atomic mass is 16.3. The Morgan fingerprint density at radius 1 is 0.957 bits per heavy atom. The summed E-state index contributed by atoms with van der Waals surface area (Å²) in [5, 5.41) is 31.8. The van der Waals surface area contributed by atoms with Crippen LogP contribution in [-0.2, 0) is 0 Å². The maximum atomic E-state index is 11.0. The zero-order chi connectivity index (χ0) is 16.7. The van der Waals surface area contributed by atoms with Crippen LogP contribution in [0.15, 0.2) is 0 Å². The summed E-state index contributed by atoms with van der Waals surface area (Å²) in [4.78, 5) is 0. The summed E-state index contributed by atoms with van der Waals surface area (Å²) in [7, 11) is 0. The Balaban J connectivity index is 1.75. The first-order valence-corrected chi connectivity index (χ1v) is 9.69. The summed E-state index contributed by atoms with van der Waals surface area (Å²) in [5.41, 5.74) is -0.433. The van der Waals surface area contributed by atoms with Gasteiger partial charge in [-0.15, -0.1) is 0 Å². The average Bonchev–Trinajstić information content (AvgIpc) is 2.70. The number of aliphatic hydroxyl groups excluding tert-OH is 2. The van der Waals surface area contributed by atoms with Gasteiger partial charge in [0, 0.05) is 5.41 Å². The smallest absolute Gasteiger partial charge is 0.0910 e. The molecule has 7 atom stereocenters. The molecule has 2 bridgehead atoms. The third-order valence-electron chi connectivity index (χ3n) is 9.04. The van der Waals surface area contributed by atoms with Crippen molar-refractivity contribution in [1.82, 2.24) is 0 Å². The standard InChI is InChI=1S/C20H34O3/c1-17(2)8-7-16(22)18(3)14(17)6-9-19-10-13(4-5-15(18)19)20(23,11-19)12-21/h13-16,21-23H,4-12H2,1-3H3. The molecule has 4 aliphatic carbocycles. The molecule has 0 aromatic heterocycles. The fraction of sp³-hybridized carbons (Fsp3) is 1.00. The van der Waals surface area contributed by atoms with Gasteiger partial charge < -0.3 is 15.3 Å². The highest BCUT2D eigenvalue weighted by Crippen LogP contribution is 2.72. The van der Waals surface area contributed by atoms with Gasteiger partial charge in [-0.1, -0.05) is 20.8 Å². The monoisotopic (exact) mass is 322 g/mol. The molecule has 0 aliphatic heterocycles. The second-order valence-corrected chi connectivity index (χ2v) is 10.3. The van der Waals surface area contributed by atoms with Crippen molar-refractivity contribution in [2.24, 2.45) is 34.0 Å². The van der Waals surface area contributed by atoms with Gasteiger partial charge in [-0.25, -0.2) is 0 Å². The lowest BCUT2D eigenvalue weighted by atomic mass is 9.40. The van der Waals surface area contributed by atoms with E-state index >= 15 is 0 Å². The lowest BCUT2D eigenvalue weighted by molar-refractivity contribution is -0.199. The van der Waals surface area contributed by atoms with Crippen LogP contribution >= 0.6 is 0 Å². The first-order chi connectivity index (χ1) is 10.7. The number of hydrogen-bond acceptors (Lipinski definition) is 3. The van der Waals surface area contributed by atoms with Gasteiger partial charge in [0.15, 0.2) is 0 Å². The summed E-state index contributed by atoms with van der Waals surface area (Å²) < 4.78 is 0. The van der Waals surface area contributed by atoms with E-state index in [1.165, 1.54) is 12.8 Å². The fourth-order valence-electron chi connectivity index (χ4n) is 8.01. The highest BCUT2D eigenvalue weighted by Gasteiger charge is 2.68. The van der Waals surface area contributed by atoms with Gasteiger partial charge in [-0.2, -0.15) is 0 Å². The van der Waals surface area contributed by atoms with Crippen molar-refractivity contribution < 1.29 is 15.3 Å². The highest BCUT2D eigenvalue weighted by molar-refractivity contribution is 5.18. The first kappa shape index (κ1) is 16.4. The van der Waals surface area contributed by atoms with Gasteiger partial charge in [0.1, 0.15) is 0 Å². The largest absolute Gasteiger partial charge is 0.393 e. The quantitative estimate of drug-likeness (QED) is 0.695. The van der Waals surface area contributed by atoms with E-state index in [9.17, 15) is 15.3 Å². The molecule has 0 aromatic carbocycles. The number of rotatable bonds is 1. The Bertz CT molecular complexity index is 503. The van der Waals surface area contributed by atoms with Gasteiger partial charge in [0.05, 0.1) is 18.3 Å². The van der Waals surface area contributed by atoms with Crippen LogP contribution in [0, 0.1) is 34.0 Å². The van der Waals surface area contributed by atoms with Crippen LogP contribution in [0.2, 0.25) is 0 Å². The van der Waals surface area contributed by atoms with E-state index < -0.39 is 5.60 Å². The number of aliphatic hydroxyl groups is 3. The zero-order valence-corrected chi connectivity index (χ0v) is 15.0. The third kappa shape index (κ3) is 1.93. The molecule has 3 heteroatoms. The van der Waals surface area contributed by atoms with E-state index in [-0.39, 0.29) is 29.5 Å². The Morgan fingerprint density at radius 3 is 2.39 bits per heavy atom. The van der Waals surface area contributed by atoms with Crippen LogP contribution in [-0.4, -0.2) is 33.6 Å². The minimum atomic E-state index is -0.868. The van der Waals surface area contributed by atoms with Crippen LogP contribution in [0.3, 0.4) is 0 Å². The molecule has 0 heterocycles. The van der Waals surface area contributed by atoms with E-state index in [0.29, 0.717) is 17.3 Å². The molecule has 3 N–H and O–H groups in total. The Kier molecular flexibility index (Phi) is 3.37. The minimum absolute atomic E-state index is 0.0221. The van der Waals surface area contributed by atoms with Crippen molar-refractivity contribution in [1.29, 1.82) is 0 Å². The lowest BCUT2D eigenvalue weighted by Crippen LogP contribution is -2.61. The van der Waals surface area contributed by atoms with Crippen molar-refractivity contribution in [2.75, 3.05) is 6.61 Å². The molecule has 0 amide bonds. The van der Waals surface area contributed by atoms with Crippen molar-refractivity contribution in [3.8, 4) is 0 Å². The molecule has 0 aromatic rings. The van der Waals surface area contributed by atoms with Crippen molar-refractivity contribution in [3.63, 3.8) is 0 Å². The molecular weight excluding hydrogens is 288 g/mol. The summed E-state index contributed by atoms with van der Waals surface area (Å²) in [5.74, 6) is 1.34. The molecule has 23 heavy (non-hydrogen) atoms. The maximum Gasteiger partial charge on any atom is 0.0910 e. The van der Waals surface area contributed by atoms with E-state index in [4.69, 9.17) is 0 Å². The van der Waals surface area contributed by atoms with Gasteiger partial charge >= 0.3 is 0 Å². The predicted octanol–water partition coefficient (Wildman–Crippen LogP) is 3.11. The van der Waals surface area contributed by atoms with Gasteiger partial charge in [-0.3, -0.25) is 0 Å². The minimum Gasteiger partial charge on any atom is -0.393 e. The molecule has 4 aliphatic rings. The van der Waals surface area contributed by atoms with Crippen LogP contribution in [0.4, 0.5) is 0 Å². The van der Waals surface area contributed by atoms with Crippen LogP contribution in [0.25, 0.3) is 0 Å². The van der Waals surface area contributed by atoms with Crippen molar-refractivity contribution in [2.45, 2.75) is 83.8 Å². The topological polar surface area (TPSA) is 60.7 Å². The lowest BCUT2D eigenvalue weighted by Gasteiger charge is -2.65. The Hall–Kier alpha value is -0.120. The molecular formula is C20H34O3. The molecule has 4 saturated carbocycles. The molecule has 4 rings (SSSR count). The first-order valence-electron chi connectivity index (χ1n) is 9.69. The van der Waals surface area contributed by atoms with Gasteiger partial charge in [-0.05, 0) is 80.0 Å². The second-order valence-electron chi connectivity index (χ2n) is 10.3. The normalized spacial score (nSPS) is 57.7. The molecule has 7 unspecified atom stereocenters. The second kappa shape index (κ2) is 4.74. The van der Waals surface area contributed by atoms with E-state index in [1.54, 1.807) is 0 Å². The van der Waals surface area contributed by atoms with Gasteiger partial charge in [0.2, 0.25) is 0 Å². The van der Waals surface area contributed by atoms with E-state index in [0.717, 1.165) is 38.5 Å². The number of fused-ring (bicyclic) bond motifs is 3. The van der Waals surface area contributed by atoms with E-state index in [2.05, 4.69) is 20.8 Å².